The second kappa shape index (κ2) is 21.0. The molecule has 1 aromatic rings. The van der Waals surface area contributed by atoms with Crippen LogP contribution in [-0.4, -0.2) is 31.2 Å². The molecule has 0 saturated heterocycles. The molecule has 214 valence electrons. The van der Waals surface area contributed by atoms with Crippen molar-refractivity contribution < 1.29 is 0 Å². The third kappa shape index (κ3) is 12.5. The minimum Gasteiger partial charge on any atom is -0.402 e. The van der Waals surface area contributed by atoms with Gasteiger partial charge in [0.1, 0.15) is 0 Å². The van der Waals surface area contributed by atoms with Crippen LogP contribution in [0.1, 0.15) is 111 Å². The van der Waals surface area contributed by atoms with Crippen LogP contribution in [0.3, 0.4) is 0 Å². The SMILES string of the molecule is C=N.CC.CC(C)N.CCC/C=C(C1=C(c2c(C)ccc(N)c2C=N)CCCC1)\C(C=NC(C)C)=C(/C)N. The Labute approximate surface area is 233 Å². The second-order valence-corrected chi connectivity index (χ2v) is 9.69. The maximum Gasteiger partial charge on any atom is 0.0443 e. The number of hydrogen-bond donors (Lipinski definition) is 5. The Morgan fingerprint density at radius 3 is 2.13 bits per heavy atom. The highest BCUT2D eigenvalue weighted by atomic mass is 14.7. The third-order valence-electron chi connectivity index (χ3n) is 5.58. The molecule has 0 saturated carbocycles. The summed E-state index contributed by atoms with van der Waals surface area (Å²) in [6.07, 6.45) is 12.0. The highest BCUT2D eigenvalue weighted by Gasteiger charge is 2.23. The number of allylic oxidation sites excluding steroid dienone is 6. The summed E-state index contributed by atoms with van der Waals surface area (Å²) in [6, 6.07) is 4.52. The highest BCUT2D eigenvalue weighted by Crippen LogP contribution is 2.41. The lowest BCUT2D eigenvalue weighted by atomic mass is 9.78. The zero-order valence-electron chi connectivity index (χ0n) is 25.7. The molecule has 0 atom stereocenters. The van der Waals surface area contributed by atoms with Gasteiger partial charge in [0.05, 0.1) is 0 Å². The van der Waals surface area contributed by atoms with E-state index in [1.807, 2.05) is 46.9 Å². The molecule has 0 spiro atoms. The minimum absolute atomic E-state index is 0.215. The molecule has 0 radical (unpaired) electrons. The molecular formula is C32H56N6. The lowest BCUT2D eigenvalue weighted by Gasteiger charge is -2.27. The van der Waals surface area contributed by atoms with E-state index in [0.717, 1.165) is 66.5 Å². The molecule has 1 aromatic carbocycles. The van der Waals surface area contributed by atoms with Crippen molar-refractivity contribution in [3.63, 3.8) is 0 Å². The quantitative estimate of drug-likeness (QED) is 0.134. The van der Waals surface area contributed by atoms with Crippen LogP contribution in [-0.2, 0) is 0 Å². The summed E-state index contributed by atoms with van der Waals surface area (Å²) in [5, 5.41) is 13.5. The van der Waals surface area contributed by atoms with Crippen molar-refractivity contribution in [3.8, 4) is 0 Å². The molecule has 6 heteroatoms. The minimum atomic E-state index is 0.215. The van der Waals surface area contributed by atoms with Crippen LogP contribution in [0.2, 0.25) is 0 Å². The van der Waals surface area contributed by atoms with Crippen LogP contribution >= 0.6 is 0 Å². The Kier molecular flexibility index (Phi) is 20.5. The van der Waals surface area contributed by atoms with Gasteiger partial charge in [0.25, 0.3) is 0 Å². The molecular weight excluding hydrogens is 468 g/mol. The number of nitrogens with two attached hydrogens (primary N) is 3. The number of unbranched alkanes of at least 4 members (excludes halogenated alkanes) is 1. The van der Waals surface area contributed by atoms with E-state index >= 15 is 0 Å². The number of aryl methyl sites for hydroxylation is 1. The lowest BCUT2D eigenvalue weighted by molar-refractivity contribution is 0.718. The van der Waals surface area contributed by atoms with Gasteiger partial charge in [-0.1, -0.05) is 53.2 Å². The van der Waals surface area contributed by atoms with Crippen LogP contribution in [0.5, 0.6) is 0 Å². The molecule has 0 aliphatic heterocycles. The van der Waals surface area contributed by atoms with Gasteiger partial charge in [-0.2, -0.15) is 0 Å². The molecule has 38 heavy (non-hydrogen) atoms. The van der Waals surface area contributed by atoms with E-state index in [4.69, 9.17) is 28.0 Å². The summed E-state index contributed by atoms with van der Waals surface area (Å²) in [4.78, 5) is 4.65. The van der Waals surface area contributed by atoms with Gasteiger partial charge in [0.2, 0.25) is 0 Å². The summed E-state index contributed by atoms with van der Waals surface area (Å²) >= 11 is 0. The first-order chi connectivity index (χ1) is 18.0. The Morgan fingerprint density at radius 2 is 1.66 bits per heavy atom. The molecule has 0 heterocycles. The number of nitrogen functional groups attached to an aromatic ring is 1. The van der Waals surface area contributed by atoms with Crippen molar-refractivity contribution in [1.29, 1.82) is 10.8 Å². The summed E-state index contributed by atoms with van der Waals surface area (Å²) < 4.78 is 0. The summed E-state index contributed by atoms with van der Waals surface area (Å²) in [7, 11) is 0. The van der Waals surface area contributed by atoms with E-state index in [1.165, 1.54) is 22.9 Å². The fourth-order valence-electron chi connectivity index (χ4n) is 4.07. The molecule has 1 aliphatic rings. The van der Waals surface area contributed by atoms with Gasteiger partial charge in [-0.3, -0.25) is 4.99 Å². The van der Waals surface area contributed by atoms with Crippen molar-refractivity contribution in [2.24, 2.45) is 16.5 Å². The second-order valence-electron chi connectivity index (χ2n) is 9.69. The number of rotatable bonds is 8. The number of benzene rings is 1. The third-order valence-corrected chi connectivity index (χ3v) is 5.58. The highest BCUT2D eigenvalue weighted by molar-refractivity contribution is 5.97. The van der Waals surface area contributed by atoms with Gasteiger partial charge >= 0.3 is 0 Å². The van der Waals surface area contributed by atoms with Gasteiger partial charge in [0.15, 0.2) is 0 Å². The van der Waals surface area contributed by atoms with Gasteiger partial charge < -0.3 is 28.0 Å². The van der Waals surface area contributed by atoms with Crippen molar-refractivity contribution in [3.05, 3.63) is 57.3 Å². The number of nitrogens with one attached hydrogen (secondary N) is 2. The Bertz CT molecular complexity index is 958. The standard InChI is InChI=1S/C26H38N4.C3H9N.C2H6.CH3N/c1-6-7-10-21(24(19(5)28)16-30-17(2)3)20-11-8-9-12-22(20)26-18(4)13-14-25(29)23(26)15-27;1-3(2)4;2*1-2/h10,13-17,27H,6-9,11-12,28-29H2,1-5H3;3H,4H2,1-2H3;1-2H3;2H,1H2/b21-10-,24-19+,27-15?,30-16?;;;. The monoisotopic (exact) mass is 524 g/mol. The van der Waals surface area contributed by atoms with Crippen molar-refractivity contribution in [1.82, 2.24) is 0 Å². The van der Waals surface area contributed by atoms with Gasteiger partial charge in [-0.05, 0) is 106 Å². The van der Waals surface area contributed by atoms with Crippen LogP contribution in [0, 0.1) is 17.7 Å². The average molecular weight is 525 g/mol. The first kappa shape index (κ1) is 37.2. The van der Waals surface area contributed by atoms with Crippen molar-refractivity contribution >= 4 is 30.4 Å². The number of anilines is 1. The Morgan fingerprint density at radius 1 is 1.11 bits per heavy atom. The molecule has 6 nitrogen and oxygen atoms in total. The first-order valence-electron chi connectivity index (χ1n) is 14.0. The fourth-order valence-corrected chi connectivity index (χ4v) is 4.07. The van der Waals surface area contributed by atoms with E-state index in [2.05, 4.69) is 51.5 Å². The van der Waals surface area contributed by atoms with Crippen molar-refractivity contribution in [2.45, 2.75) is 113 Å². The molecule has 8 N–H and O–H groups in total. The molecule has 0 aromatic heterocycles. The molecule has 0 fully saturated rings. The van der Waals surface area contributed by atoms with E-state index in [-0.39, 0.29) is 6.04 Å². The van der Waals surface area contributed by atoms with E-state index in [1.54, 1.807) is 0 Å². The van der Waals surface area contributed by atoms with E-state index in [0.29, 0.717) is 11.7 Å². The van der Waals surface area contributed by atoms with Crippen LogP contribution < -0.4 is 17.2 Å². The Balaban J connectivity index is 0. The first-order valence-corrected chi connectivity index (χ1v) is 14.0. The van der Waals surface area contributed by atoms with E-state index < -0.39 is 0 Å². The molecule has 1 aliphatic carbocycles. The summed E-state index contributed by atoms with van der Waals surface area (Å²) in [5.74, 6) is 0. The van der Waals surface area contributed by atoms with Gasteiger partial charge in [-0.25, -0.2) is 0 Å². The smallest absolute Gasteiger partial charge is 0.0443 e. The van der Waals surface area contributed by atoms with Crippen LogP contribution in [0.15, 0.2) is 45.6 Å². The molecule has 2 rings (SSSR count). The molecule has 0 amide bonds. The van der Waals surface area contributed by atoms with Gasteiger partial charge in [0, 0.05) is 41.0 Å². The number of hydrogen-bond acceptors (Lipinski definition) is 6. The maximum absolute atomic E-state index is 8.00. The largest absolute Gasteiger partial charge is 0.402 e. The average Bonchev–Trinajstić information content (AvgIpc) is 2.89. The van der Waals surface area contributed by atoms with Crippen LogP contribution in [0.25, 0.3) is 5.57 Å². The van der Waals surface area contributed by atoms with Crippen LogP contribution in [0.4, 0.5) is 5.69 Å². The summed E-state index contributed by atoms with van der Waals surface area (Å²) in [5.41, 5.74) is 27.2. The topological polar surface area (TPSA) is 138 Å². The predicted octanol–water partition coefficient (Wildman–Crippen LogP) is 7.99. The van der Waals surface area contributed by atoms with Gasteiger partial charge in [-0.15, -0.1) is 0 Å². The number of nitrogens with zero attached hydrogens (tertiary/aromatic N) is 1. The summed E-state index contributed by atoms with van der Waals surface area (Å²) in [6.45, 7) is 20.8. The number of aliphatic imine (C=N–C) groups is 1. The Hall–Kier alpha value is -2.99. The zero-order valence-corrected chi connectivity index (χ0v) is 25.7. The normalized spacial score (nSPS) is 14.2. The lowest BCUT2D eigenvalue weighted by Crippen LogP contribution is -2.12. The zero-order chi connectivity index (χ0) is 29.8. The van der Waals surface area contributed by atoms with E-state index in [9.17, 15) is 0 Å². The molecule has 0 unspecified atom stereocenters. The van der Waals surface area contributed by atoms with Crippen molar-refractivity contribution in [2.75, 3.05) is 5.73 Å². The predicted molar refractivity (Wildman–Crippen MR) is 173 cm³/mol. The molecule has 0 bridgehead atoms. The maximum atomic E-state index is 8.00. The fraction of sp³-hybridized carbons (Fsp3) is 0.531.